The molecule has 0 atom stereocenters. The largest absolute Gasteiger partial charge is 0.368 e. The van der Waals surface area contributed by atoms with Crippen molar-refractivity contribution in [2.24, 2.45) is 0 Å². The van der Waals surface area contributed by atoms with E-state index in [1.807, 2.05) is 6.20 Å². The third-order valence-electron chi connectivity index (χ3n) is 5.96. The highest BCUT2D eigenvalue weighted by Gasteiger charge is 2.41. The molecule has 134 valence electrons. The van der Waals surface area contributed by atoms with Crippen molar-refractivity contribution in [3.8, 4) is 11.1 Å². The maximum absolute atomic E-state index is 5.59. The van der Waals surface area contributed by atoms with E-state index in [1.54, 1.807) is 12.4 Å². The Labute approximate surface area is 157 Å². The molecule has 0 bridgehead atoms. The van der Waals surface area contributed by atoms with Gasteiger partial charge in [0, 0.05) is 41.2 Å². The van der Waals surface area contributed by atoms with Crippen LogP contribution in [0.4, 0.5) is 5.95 Å². The molecule has 4 aromatic rings. The van der Waals surface area contributed by atoms with E-state index in [0.29, 0.717) is 5.95 Å². The highest BCUT2D eigenvalue weighted by molar-refractivity contribution is 5.86. The van der Waals surface area contributed by atoms with E-state index in [2.05, 4.69) is 63.4 Å². The Bertz CT molecular complexity index is 1110. The van der Waals surface area contributed by atoms with Gasteiger partial charge in [-0.3, -0.25) is 4.98 Å². The van der Waals surface area contributed by atoms with Crippen LogP contribution in [-0.2, 0) is 5.41 Å². The van der Waals surface area contributed by atoms with Gasteiger partial charge in [-0.2, -0.15) is 0 Å². The molecule has 0 aliphatic heterocycles. The number of anilines is 1. The van der Waals surface area contributed by atoms with Gasteiger partial charge in [0.1, 0.15) is 0 Å². The molecule has 1 aromatic carbocycles. The number of nitrogen functional groups attached to an aromatic ring is 1. The number of fused-ring (bicyclic) bond motifs is 1. The molecule has 27 heavy (non-hydrogen) atoms. The number of rotatable bonds is 3. The molecule has 1 saturated carbocycles. The predicted molar refractivity (Wildman–Crippen MR) is 107 cm³/mol. The minimum Gasteiger partial charge on any atom is -0.368 e. The van der Waals surface area contributed by atoms with Gasteiger partial charge in [0.2, 0.25) is 5.95 Å². The van der Waals surface area contributed by atoms with E-state index < -0.39 is 0 Å². The Balaban J connectivity index is 1.57. The van der Waals surface area contributed by atoms with Crippen LogP contribution in [0, 0.1) is 6.92 Å². The molecule has 0 amide bonds. The fraction of sp³-hybridized carbons (Fsp3) is 0.227. The van der Waals surface area contributed by atoms with E-state index in [0.717, 1.165) is 22.3 Å². The zero-order chi connectivity index (χ0) is 18.4. The number of nitrogens with two attached hydrogens (primary N) is 1. The third kappa shape index (κ3) is 2.42. The minimum atomic E-state index is 0.0855. The molecule has 5 nitrogen and oxygen atoms in total. The van der Waals surface area contributed by atoms with Crippen molar-refractivity contribution >= 4 is 16.9 Å². The van der Waals surface area contributed by atoms with Crippen molar-refractivity contribution in [2.45, 2.75) is 31.6 Å². The second kappa shape index (κ2) is 5.91. The lowest BCUT2D eigenvalue weighted by atomic mass is 9.60. The summed E-state index contributed by atoms with van der Waals surface area (Å²) in [7, 11) is 0. The van der Waals surface area contributed by atoms with Crippen molar-refractivity contribution < 1.29 is 0 Å². The van der Waals surface area contributed by atoms with Crippen molar-refractivity contribution in [1.29, 1.82) is 0 Å². The first-order valence-corrected chi connectivity index (χ1v) is 9.29. The first kappa shape index (κ1) is 16.0. The summed E-state index contributed by atoms with van der Waals surface area (Å²) in [6.07, 6.45) is 11.2. The summed E-state index contributed by atoms with van der Waals surface area (Å²) in [4.78, 5) is 16.1. The SMILES string of the molecule is Cc1nccc2c(C3(c4ccc(-c5cnc(N)nc5)cc4)CCC3)c[nH]c12. The Hall–Kier alpha value is -3.21. The van der Waals surface area contributed by atoms with Gasteiger partial charge in [-0.15, -0.1) is 0 Å². The summed E-state index contributed by atoms with van der Waals surface area (Å²) in [6, 6.07) is 10.9. The molecule has 5 rings (SSSR count). The Kier molecular flexibility index (Phi) is 3.50. The van der Waals surface area contributed by atoms with Crippen molar-refractivity contribution in [1.82, 2.24) is 19.9 Å². The summed E-state index contributed by atoms with van der Waals surface area (Å²) in [5.41, 5.74) is 12.7. The number of hydrogen-bond acceptors (Lipinski definition) is 4. The van der Waals surface area contributed by atoms with Crippen LogP contribution >= 0.6 is 0 Å². The van der Waals surface area contributed by atoms with Gasteiger partial charge < -0.3 is 10.7 Å². The fourth-order valence-corrected chi connectivity index (χ4v) is 4.30. The van der Waals surface area contributed by atoms with Crippen molar-refractivity contribution in [2.75, 3.05) is 5.73 Å². The van der Waals surface area contributed by atoms with Crippen LogP contribution in [0.2, 0.25) is 0 Å². The number of nitrogens with zero attached hydrogens (tertiary/aromatic N) is 3. The molecule has 3 aromatic heterocycles. The van der Waals surface area contributed by atoms with E-state index >= 15 is 0 Å². The average Bonchev–Trinajstić information content (AvgIpc) is 3.08. The lowest BCUT2D eigenvalue weighted by molar-refractivity contribution is 0.304. The number of benzene rings is 1. The van der Waals surface area contributed by atoms with E-state index in [4.69, 9.17) is 5.73 Å². The van der Waals surface area contributed by atoms with Gasteiger partial charge in [-0.25, -0.2) is 9.97 Å². The number of aromatic nitrogens is 4. The summed E-state index contributed by atoms with van der Waals surface area (Å²) < 4.78 is 0. The first-order chi connectivity index (χ1) is 13.2. The normalized spacial score (nSPS) is 15.6. The second-order valence-electron chi connectivity index (χ2n) is 7.36. The summed E-state index contributed by atoms with van der Waals surface area (Å²) in [6.45, 7) is 2.06. The maximum Gasteiger partial charge on any atom is 0.219 e. The maximum atomic E-state index is 5.59. The molecule has 0 saturated heterocycles. The fourth-order valence-electron chi connectivity index (χ4n) is 4.30. The molecule has 0 radical (unpaired) electrons. The number of aryl methyl sites for hydroxylation is 1. The van der Waals surface area contributed by atoms with Crippen molar-refractivity contribution in [3.63, 3.8) is 0 Å². The van der Waals surface area contributed by atoms with Gasteiger partial charge in [-0.1, -0.05) is 30.7 Å². The van der Waals surface area contributed by atoms with Gasteiger partial charge >= 0.3 is 0 Å². The molecule has 3 heterocycles. The summed E-state index contributed by atoms with van der Waals surface area (Å²) in [5, 5.41) is 1.29. The third-order valence-corrected chi connectivity index (χ3v) is 5.96. The number of nitrogens with one attached hydrogen (secondary N) is 1. The van der Waals surface area contributed by atoms with Crippen LogP contribution in [0.5, 0.6) is 0 Å². The van der Waals surface area contributed by atoms with Crippen LogP contribution in [0.15, 0.2) is 55.1 Å². The average molecular weight is 355 g/mol. The highest BCUT2D eigenvalue weighted by Crippen LogP contribution is 2.51. The number of H-pyrrole nitrogens is 1. The Morgan fingerprint density at radius 1 is 0.963 bits per heavy atom. The lowest BCUT2D eigenvalue weighted by Crippen LogP contribution is -2.35. The van der Waals surface area contributed by atoms with Crippen molar-refractivity contribution in [3.05, 3.63) is 71.9 Å². The zero-order valence-corrected chi connectivity index (χ0v) is 15.2. The quantitative estimate of drug-likeness (QED) is 0.571. The Morgan fingerprint density at radius 3 is 2.37 bits per heavy atom. The highest BCUT2D eigenvalue weighted by atomic mass is 15.0. The standard InChI is InChI=1S/C22H21N5/c1-14-20-18(7-10-24-14)19(13-25-20)22(8-2-9-22)17-5-3-15(4-6-17)16-11-26-21(23)27-12-16/h3-7,10-13,25H,2,8-9H2,1H3,(H2,23,26,27). The van der Waals surface area contributed by atoms with Crippen LogP contribution in [0.3, 0.4) is 0 Å². The summed E-state index contributed by atoms with van der Waals surface area (Å²) in [5.74, 6) is 0.299. The number of aromatic amines is 1. The molecule has 3 N–H and O–H groups in total. The number of pyridine rings is 1. The smallest absolute Gasteiger partial charge is 0.219 e. The molecular formula is C22H21N5. The van der Waals surface area contributed by atoms with E-state index in [1.165, 1.54) is 35.8 Å². The first-order valence-electron chi connectivity index (χ1n) is 9.29. The summed E-state index contributed by atoms with van der Waals surface area (Å²) >= 11 is 0. The van der Waals surface area contributed by atoms with Crippen LogP contribution in [-0.4, -0.2) is 19.9 Å². The zero-order valence-electron chi connectivity index (χ0n) is 15.2. The van der Waals surface area contributed by atoms with Crippen LogP contribution < -0.4 is 5.73 Å². The molecule has 1 aliphatic rings. The molecular weight excluding hydrogens is 334 g/mol. The van der Waals surface area contributed by atoms with Gasteiger partial charge in [0.25, 0.3) is 0 Å². The molecule has 0 spiro atoms. The molecule has 1 fully saturated rings. The van der Waals surface area contributed by atoms with E-state index in [-0.39, 0.29) is 5.41 Å². The Morgan fingerprint density at radius 2 is 1.70 bits per heavy atom. The molecule has 1 aliphatic carbocycles. The molecule has 5 heteroatoms. The monoisotopic (exact) mass is 355 g/mol. The minimum absolute atomic E-state index is 0.0855. The van der Waals surface area contributed by atoms with Crippen LogP contribution in [0.1, 0.15) is 36.1 Å². The topological polar surface area (TPSA) is 80.5 Å². The van der Waals surface area contributed by atoms with Gasteiger partial charge in [-0.05, 0) is 42.5 Å². The van der Waals surface area contributed by atoms with Gasteiger partial charge in [0.05, 0.1) is 11.2 Å². The lowest BCUT2D eigenvalue weighted by Gasteiger charge is -2.42. The van der Waals surface area contributed by atoms with Gasteiger partial charge in [0.15, 0.2) is 0 Å². The second-order valence-corrected chi connectivity index (χ2v) is 7.36. The van der Waals surface area contributed by atoms with E-state index in [9.17, 15) is 0 Å². The number of hydrogen-bond donors (Lipinski definition) is 2. The predicted octanol–water partition coefficient (Wildman–Crippen LogP) is 4.38. The molecule has 0 unspecified atom stereocenters. The van der Waals surface area contributed by atoms with Crippen LogP contribution in [0.25, 0.3) is 22.0 Å².